The average Bonchev–Trinajstić information content (AvgIpc) is 1.98. The summed E-state index contributed by atoms with van der Waals surface area (Å²) in [4.78, 5) is 10.8. The molecule has 0 bridgehead atoms. The van der Waals surface area contributed by atoms with E-state index in [0.29, 0.717) is 0 Å². The van der Waals surface area contributed by atoms with E-state index < -0.39 is 22.8 Å². The number of hydrogen-bond acceptors (Lipinski definition) is 3. The van der Waals surface area contributed by atoms with Gasteiger partial charge in [-0.3, -0.25) is 0 Å². The zero-order valence-electron chi connectivity index (χ0n) is 6.43. The first-order valence-corrected chi connectivity index (χ1v) is 7.27. The number of carbonyl (C=O) groups is 1. The van der Waals surface area contributed by atoms with Gasteiger partial charge in [0.05, 0.1) is 0 Å². The van der Waals surface area contributed by atoms with Crippen molar-refractivity contribution in [2.75, 3.05) is 13.2 Å². The van der Waals surface area contributed by atoms with Gasteiger partial charge in [0.1, 0.15) is 0 Å². The minimum atomic E-state index is -0.473. The van der Waals surface area contributed by atoms with Crippen LogP contribution in [0.25, 0.3) is 0 Å². The van der Waals surface area contributed by atoms with Gasteiger partial charge < -0.3 is 0 Å². The number of allylic oxidation sites excluding steroid dienone is 2. The zero-order valence-corrected chi connectivity index (χ0v) is 9.91. The number of ether oxygens (including phenoxy) is 1. The summed E-state index contributed by atoms with van der Waals surface area (Å²) in [7, 11) is 0. The van der Waals surface area contributed by atoms with Gasteiger partial charge in [0.2, 0.25) is 0 Å². The Balaban J connectivity index is 2.20. The van der Waals surface area contributed by atoms with E-state index in [2.05, 4.69) is 8.52 Å². The second-order valence-electron chi connectivity index (χ2n) is 2.09. The summed E-state index contributed by atoms with van der Waals surface area (Å²) in [6.07, 6.45) is 5.24. The first kappa shape index (κ1) is 9.75. The zero-order chi connectivity index (χ0) is 8.81. The van der Waals surface area contributed by atoms with Gasteiger partial charge in [-0.25, -0.2) is 0 Å². The molecule has 1 aliphatic heterocycles. The number of carbonyl (C=O) groups excluding carboxylic acids is 1. The number of hydrogen-bond donors (Lipinski definition) is 1. The molecule has 0 radical (unpaired) electrons. The van der Waals surface area contributed by atoms with Crippen LogP contribution in [0.1, 0.15) is 0 Å². The van der Waals surface area contributed by atoms with Gasteiger partial charge >= 0.3 is 81.8 Å². The van der Waals surface area contributed by atoms with Crippen LogP contribution in [0.2, 0.25) is 0 Å². The fraction of sp³-hybridized carbons (Fsp3) is 0.250. The molecule has 0 fully saturated rings. The van der Waals surface area contributed by atoms with Crippen LogP contribution in [-0.2, 0) is 9.53 Å². The fourth-order valence-corrected chi connectivity index (χ4v) is 2.48. The van der Waals surface area contributed by atoms with Crippen LogP contribution in [0.5, 0.6) is 0 Å². The van der Waals surface area contributed by atoms with Gasteiger partial charge in [-0.05, 0) is 0 Å². The predicted octanol–water partition coefficient (Wildman–Crippen LogP) is -0.518. The van der Waals surface area contributed by atoms with Crippen molar-refractivity contribution in [3.8, 4) is 0 Å². The standard InChI is InChI=1S/C8H9O3.Bi/c1-2-3-4-5-8(10)11-7-6-9;/h1-2,4-5,9H,6-7H2;. The van der Waals surface area contributed by atoms with Crippen LogP contribution in [0.4, 0.5) is 0 Å². The predicted molar refractivity (Wildman–Crippen MR) is 47.1 cm³/mol. The second kappa shape index (κ2) is 5.33. The van der Waals surface area contributed by atoms with Crippen LogP contribution in [0.15, 0.2) is 22.0 Å². The molecule has 4 heteroatoms. The van der Waals surface area contributed by atoms with E-state index >= 15 is 0 Å². The molecule has 64 valence electrons. The van der Waals surface area contributed by atoms with E-state index in [4.69, 9.17) is 5.11 Å². The molecule has 0 saturated heterocycles. The molecule has 0 aromatic rings. The minimum absolute atomic E-state index is 0.0786. The Morgan fingerprint density at radius 3 is 3.00 bits per heavy atom. The fourth-order valence-electron chi connectivity index (χ4n) is 0.607. The number of rotatable bonds is 4. The third kappa shape index (κ3) is 3.37. The van der Waals surface area contributed by atoms with Crippen LogP contribution in [0.3, 0.4) is 0 Å². The Hall–Kier alpha value is -0.337. The van der Waals surface area contributed by atoms with Crippen molar-refractivity contribution in [1.82, 2.24) is 0 Å². The van der Waals surface area contributed by atoms with Crippen molar-refractivity contribution in [1.29, 1.82) is 0 Å². The van der Waals surface area contributed by atoms with Crippen LogP contribution < -0.4 is 0 Å². The summed E-state index contributed by atoms with van der Waals surface area (Å²) in [5.41, 5.74) is 0. The van der Waals surface area contributed by atoms with Crippen molar-refractivity contribution in [3.05, 3.63) is 22.0 Å². The molecule has 1 N–H and O–H groups in total. The molecule has 0 spiro atoms. The molecular weight excluding hydrogens is 353 g/mol. The molecule has 0 unspecified atom stereocenters. The van der Waals surface area contributed by atoms with Gasteiger partial charge in [0, 0.05) is 0 Å². The average molecular weight is 362 g/mol. The Kier molecular flexibility index (Phi) is 4.33. The van der Waals surface area contributed by atoms with E-state index in [-0.39, 0.29) is 19.2 Å². The van der Waals surface area contributed by atoms with Gasteiger partial charge in [-0.1, -0.05) is 0 Å². The van der Waals surface area contributed by atoms with Crippen molar-refractivity contribution in [3.63, 3.8) is 0 Å². The summed E-state index contributed by atoms with van der Waals surface area (Å²) in [5.74, 6) is -0.377. The van der Waals surface area contributed by atoms with Crippen LogP contribution in [-0.4, -0.2) is 50.2 Å². The maximum absolute atomic E-state index is 10.8. The summed E-state index contributed by atoms with van der Waals surface area (Å²) in [6.45, 7) is -0.0391. The summed E-state index contributed by atoms with van der Waals surface area (Å²) >= 11 is -0.473. The maximum atomic E-state index is 10.8. The van der Waals surface area contributed by atoms with Crippen LogP contribution in [0, 0.1) is 0 Å². The molecule has 0 aromatic heterocycles. The molecule has 0 aromatic carbocycles. The SMILES string of the molecule is O=C(C=C[C]1=[Bi][CH]=C1)OCCO. The topological polar surface area (TPSA) is 46.5 Å². The van der Waals surface area contributed by atoms with Crippen molar-refractivity contribution in [2.24, 2.45) is 0 Å². The van der Waals surface area contributed by atoms with E-state index in [1.165, 1.54) is 9.28 Å². The normalized spacial score (nSPS) is 14.2. The molecule has 3 nitrogen and oxygen atoms in total. The third-order valence-corrected chi connectivity index (χ3v) is 4.67. The third-order valence-electron chi connectivity index (χ3n) is 1.19. The summed E-state index contributed by atoms with van der Waals surface area (Å²) < 4.78 is 8.11. The second-order valence-corrected chi connectivity index (χ2v) is 6.26. The van der Waals surface area contributed by atoms with E-state index in [9.17, 15) is 4.79 Å². The quantitative estimate of drug-likeness (QED) is 0.416. The molecule has 0 amide bonds. The molecule has 0 saturated carbocycles. The van der Waals surface area contributed by atoms with Gasteiger partial charge in [0.15, 0.2) is 0 Å². The molecule has 1 heterocycles. The van der Waals surface area contributed by atoms with Crippen molar-refractivity contribution < 1.29 is 14.6 Å². The van der Waals surface area contributed by atoms with Gasteiger partial charge in [-0.15, -0.1) is 0 Å². The van der Waals surface area contributed by atoms with Gasteiger partial charge in [-0.2, -0.15) is 0 Å². The number of aliphatic hydroxyl groups is 1. The van der Waals surface area contributed by atoms with E-state index in [1.807, 2.05) is 6.08 Å². The Morgan fingerprint density at radius 1 is 1.75 bits per heavy atom. The van der Waals surface area contributed by atoms with Crippen molar-refractivity contribution >= 4 is 31.9 Å². The first-order valence-electron chi connectivity index (χ1n) is 3.53. The van der Waals surface area contributed by atoms with Crippen molar-refractivity contribution in [2.45, 2.75) is 0 Å². The number of aliphatic hydroxyl groups excluding tert-OH is 1. The van der Waals surface area contributed by atoms with E-state index in [0.717, 1.165) is 0 Å². The monoisotopic (exact) mass is 362 g/mol. The Morgan fingerprint density at radius 2 is 2.50 bits per heavy atom. The summed E-state index contributed by atoms with van der Waals surface area (Å²) in [5, 5.41) is 8.34. The van der Waals surface area contributed by atoms with Gasteiger partial charge in [0.25, 0.3) is 0 Å². The van der Waals surface area contributed by atoms with E-state index in [1.54, 1.807) is 6.08 Å². The number of esters is 1. The summed E-state index contributed by atoms with van der Waals surface area (Å²) in [6, 6.07) is 0. The molecule has 1 aliphatic rings. The molecule has 1 rings (SSSR count). The molecule has 12 heavy (non-hydrogen) atoms. The molecule has 0 aliphatic carbocycles. The molecule has 0 atom stereocenters. The first-order chi connectivity index (χ1) is 5.83. The van der Waals surface area contributed by atoms with Crippen LogP contribution >= 0.6 is 0 Å². The molecular formula is C8H9BiO3. The Bertz CT molecular complexity index is 253. The Labute approximate surface area is 81.8 Å².